The van der Waals surface area contributed by atoms with E-state index in [0.717, 1.165) is 58.4 Å². The van der Waals surface area contributed by atoms with Crippen LogP contribution in [0.3, 0.4) is 0 Å². The molecule has 2 aromatic heterocycles. The number of carbonyl (C=O) groups excluding carboxylic acids is 1. The number of nitrogens with zero attached hydrogens (tertiary/aromatic N) is 6. The van der Waals surface area contributed by atoms with Gasteiger partial charge in [-0.05, 0) is 71.3 Å². The number of nitrogens with one attached hydrogen (secondary N) is 1. The summed E-state index contributed by atoms with van der Waals surface area (Å²) in [4.78, 5) is 42.3. The number of rotatable bonds is 5. The molecule has 3 fully saturated rings. The lowest BCUT2D eigenvalue weighted by molar-refractivity contribution is 0.0863. The van der Waals surface area contributed by atoms with Crippen molar-refractivity contribution in [3.8, 4) is 5.75 Å². The van der Waals surface area contributed by atoms with Crippen molar-refractivity contribution in [1.82, 2.24) is 24.3 Å². The molecule has 3 aliphatic heterocycles. The molecule has 10 nitrogen and oxygen atoms in total. The normalized spacial score (nSPS) is 22.0. The van der Waals surface area contributed by atoms with E-state index < -0.39 is 0 Å². The van der Waals surface area contributed by atoms with Gasteiger partial charge in [0.25, 0.3) is 5.56 Å². The van der Waals surface area contributed by atoms with Crippen molar-refractivity contribution in [3.63, 3.8) is 0 Å². The molecule has 11 heteroatoms. The summed E-state index contributed by atoms with van der Waals surface area (Å²) in [5.41, 5.74) is 1.98. The van der Waals surface area contributed by atoms with Gasteiger partial charge in [-0.3, -0.25) is 19.1 Å². The molecule has 1 N–H and O–H groups in total. The van der Waals surface area contributed by atoms with Crippen LogP contribution in [0.2, 0.25) is 0 Å². The van der Waals surface area contributed by atoms with E-state index in [1.54, 1.807) is 23.8 Å². The van der Waals surface area contributed by atoms with Gasteiger partial charge in [0.05, 0.1) is 11.6 Å². The Labute approximate surface area is 250 Å². The minimum atomic E-state index is -0.344. The number of carbonyl (C=O) groups is 1. The second-order valence-corrected chi connectivity index (χ2v) is 12.7. The summed E-state index contributed by atoms with van der Waals surface area (Å²) in [6.45, 7) is 8.52. The van der Waals surface area contributed by atoms with Crippen molar-refractivity contribution in [3.05, 3.63) is 45.6 Å². The van der Waals surface area contributed by atoms with E-state index in [0.29, 0.717) is 46.4 Å². The van der Waals surface area contributed by atoms with E-state index in [2.05, 4.69) is 32.0 Å². The Kier molecular flexibility index (Phi) is 7.33. The lowest BCUT2D eigenvalue weighted by Crippen LogP contribution is -2.60. The van der Waals surface area contributed by atoms with E-state index >= 15 is 4.39 Å². The summed E-state index contributed by atoms with van der Waals surface area (Å²) in [6.07, 6.45) is 7.79. The van der Waals surface area contributed by atoms with Crippen LogP contribution in [0.1, 0.15) is 67.4 Å². The predicted molar refractivity (Wildman–Crippen MR) is 164 cm³/mol. The third-order valence-electron chi connectivity index (χ3n) is 9.97. The van der Waals surface area contributed by atoms with Gasteiger partial charge in [-0.2, -0.15) is 4.98 Å². The Morgan fingerprint density at radius 3 is 2.56 bits per heavy atom. The molecular formula is C32H40FN7O3. The molecule has 1 atom stereocenters. The number of Topliss-reactive ketones (excluding diaryl/α,β-unsaturated/α-hetero) is 1. The fourth-order valence-electron chi connectivity index (χ4n) is 7.67. The molecule has 0 amide bonds. The number of halogens is 1. The smallest absolute Gasteiger partial charge is 0.263 e. The largest absolute Gasteiger partial charge is 0.489 e. The Hall–Kier alpha value is -3.57. The van der Waals surface area contributed by atoms with Crippen LogP contribution in [-0.4, -0.2) is 88.6 Å². The molecular weight excluding hydrogens is 549 g/mol. The van der Waals surface area contributed by atoms with Gasteiger partial charge >= 0.3 is 0 Å². The highest BCUT2D eigenvalue weighted by molar-refractivity contribution is 5.99. The first kappa shape index (κ1) is 28.2. The molecule has 4 aliphatic rings. The van der Waals surface area contributed by atoms with Crippen LogP contribution in [0.5, 0.6) is 5.75 Å². The average Bonchev–Trinajstić information content (AvgIpc) is 3.51. The Balaban J connectivity index is 1.16. The van der Waals surface area contributed by atoms with Crippen molar-refractivity contribution >= 4 is 34.1 Å². The molecule has 228 valence electrons. The standard InChI is InChI=1S/C32H40FN7O3/c1-19-25-16-34-32(36-30(25)40(23-6-4-5-7-23)31(42)28(19)20(2)41)35-21-14-26(33)29-27(15-21)43-18-24-17-38(12-13-39(24)29)22-8-10-37(3)11-9-22/h14-16,22-24H,4-13,17-18H2,1-3H3,(H,34,35,36)/t24-/m0/s1. The van der Waals surface area contributed by atoms with E-state index in [9.17, 15) is 9.59 Å². The number of hydrogen-bond acceptors (Lipinski definition) is 9. The maximum Gasteiger partial charge on any atom is 0.263 e. The molecule has 0 bridgehead atoms. The number of anilines is 3. The summed E-state index contributed by atoms with van der Waals surface area (Å²) in [7, 11) is 2.18. The quantitative estimate of drug-likeness (QED) is 0.438. The number of ketones is 1. The number of ether oxygens (including phenoxy) is 1. The zero-order chi connectivity index (χ0) is 29.8. The number of piperidine rings is 1. The van der Waals surface area contributed by atoms with E-state index in [1.807, 2.05) is 0 Å². The number of aromatic nitrogens is 3. The van der Waals surface area contributed by atoms with Crippen LogP contribution in [0.4, 0.5) is 21.7 Å². The number of aryl methyl sites for hydroxylation is 1. The lowest BCUT2D eigenvalue weighted by Gasteiger charge is -2.48. The van der Waals surface area contributed by atoms with Crippen LogP contribution in [-0.2, 0) is 0 Å². The molecule has 3 aromatic rings. The fourth-order valence-corrected chi connectivity index (χ4v) is 7.67. The first-order chi connectivity index (χ1) is 20.8. The molecule has 0 spiro atoms. The van der Waals surface area contributed by atoms with Crippen molar-refractivity contribution in [2.75, 3.05) is 56.6 Å². The summed E-state index contributed by atoms with van der Waals surface area (Å²) >= 11 is 0. The highest BCUT2D eigenvalue weighted by Gasteiger charge is 2.37. The zero-order valence-electron chi connectivity index (χ0n) is 25.2. The van der Waals surface area contributed by atoms with E-state index in [1.165, 1.54) is 25.8 Å². The highest BCUT2D eigenvalue weighted by Crippen LogP contribution is 2.41. The molecule has 0 radical (unpaired) electrons. The molecule has 1 saturated carbocycles. The maximum atomic E-state index is 15.7. The number of piperazine rings is 1. The second-order valence-electron chi connectivity index (χ2n) is 12.7. The monoisotopic (exact) mass is 589 g/mol. The van der Waals surface area contributed by atoms with Crippen LogP contribution in [0.15, 0.2) is 23.1 Å². The van der Waals surface area contributed by atoms with Crippen LogP contribution in [0, 0.1) is 12.7 Å². The van der Waals surface area contributed by atoms with E-state index in [4.69, 9.17) is 9.72 Å². The summed E-state index contributed by atoms with van der Waals surface area (Å²) in [5.74, 6) is 0.168. The third-order valence-corrected chi connectivity index (χ3v) is 9.97. The average molecular weight is 590 g/mol. The second kappa shape index (κ2) is 11.2. The fraction of sp³-hybridized carbons (Fsp3) is 0.562. The van der Waals surface area contributed by atoms with Gasteiger partial charge in [0.2, 0.25) is 5.95 Å². The van der Waals surface area contributed by atoms with Gasteiger partial charge in [0, 0.05) is 55.1 Å². The van der Waals surface area contributed by atoms with Crippen molar-refractivity contribution in [1.29, 1.82) is 0 Å². The number of likely N-dealkylation sites (tertiary alicyclic amines) is 1. The van der Waals surface area contributed by atoms with Crippen molar-refractivity contribution < 1.29 is 13.9 Å². The SMILES string of the molecule is CC(=O)c1c(C)c2cnc(Nc3cc(F)c4c(c3)OC[C@@H]3CN(C5CCN(C)CC5)CCN43)nc2n(C2CCCC2)c1=O. The molecule has 2 saturated heterocycles. The van der Waals surface area contributed by atoms with Gasteiger partial charge in [-0.15, -0.1) is 0 Å². The van der Waals surface area contributed by atoms with Crippen LogP contribution < -0.4 is 20.5 Å². The van der Waals surface area contributed by atoms with Crippen LogP contribution in [0.25, 0.3) is 11.0 Å². The Morgan fingerprint density at radius 1 is 1.05 bits per heavy atom. The highest BCUT2D eigenvalue weighted by atomic mass is 19.1. The Bertz CT molecular complexity index is 1630. The molecule has 43 heavy (non-hydrogen) atoms. The first-order valence-electron chi connectivity index (χ1n) is 15.6. The van der Waals surface area contributed by atoms with Gasteiger partial charge in [-0.25, -0.2) is 9.37 Å². The van der Waals surface area contributed by atoms with Gasteiger partial charge < -0.3 is 19.9 Å². The van der Waals surface area contributed by atoms with Gasteiger partial charge in [0.15, 0.2) is 11.6 Å². The Morgan fingerprint density at radius 2 is 1.81 bits per heavy atom. The van der Waals surface area contributed by atoms with Gasteiger partial charge in [-0.1, -0.05) is 12.8 Å². The lowest BCUT2D eigenvalue weighted by atomic mass is 10.00. The summed E-state index contributed by atoms with van der Waals surface area (Å²) in [5, 5.41) is 3.83. The third kappa shape index (κ3) is 5.06. The van der Waals surface area contributed by atoms with Gasteiger partial charge in [0.1, 0.15) is 23.7 Å². The molecule has 0 unspecified atom stereocenters. The topological polar surface area (TPSA) is 95.8 Å². The molecule has 7 rings (SSSR count). The minimum absolute atomic E-state index is 0.0149. The summed E-state index contributed by atoms with van der Waals surface area (Å²) < 4.78 is 23.6. The van der Waals surface area contributed by atoms with Crippen LogP contribution >= 0.6 is 0 Å². The first-order valence-corrected chi connectivity index (χ1v) is 15.6. The zero-order valence-corrected chi connectivity index (χ0v) is 25.2. The van der Waals surface area contributed by atoms with E-state index in [-0.39, 0.29) is 40.8 Å². The number of fused-ring (bicyclic) bond motifs is 4. The number of benzene rings is 1. The molecule has 1 aliphatic carbocycles. The molecule has 1 aromatic carbocycles. The van der Waals surface area contributed by atoms with Crippen molar-refractivity contribution in [2.24, 2.45) is 0 Å². The number of hydrogen-bond donors (Lipinski definition) is 1. The summed E-state index contributed by atoms with van der Waals surface area (Å²) in [6, 6.07) is 3.96. The van der Waals surface area contributed by atoms with Crippen molar-refractivity contribution in [2.45, 2.75) is 70.5 Å². The maximum absolute atomic E-state index is 15.7. The molecule has 5 heterocycles. The number of pyridine rings is 1. The predicted octanol–water partition coefficient (Wildman–Crippen LogP) is 4.28. The minimum Gasteiger partial charge on any atom is -0.489 e.